The van der Waals surface area contributed by atoms with E-state index in [0.717, 1.165) is 22.4 Å². The van der Waals surface area contributed by atoms with Crippen LogP contribution in [0.15, 0.2) is 41.0 Å². The summed E-state index contributed by atoms with van der Waals surface area (Å²) < 4.78 is 5.18. The van der Waals surface area contributed by atoms with Gasteiger partial charge in [0.2, 0.25) is 0 Å². The van der Waals surface area contributed by atoms with E-state index in [9.17, 15) is 4.79 Å². The third kappa shape index (κ3) is 2.18. The van der Waals surface area contributed by atoms with E-state index >= 15 is 0 Å². The summed E-state index contributed by atoms with van der Waals surface area (Å²) in [6.45, 7) is 3.72. The van der Waals surface area contributed by atoms with Gasteiger partial charge in [0, 0.05) is 5.56 Å². The lowest BCUT2D eigenvalue weighted by Gasteiger charge is -2.10. The molecule has 0 spiro atoms. The lowest BCUT2D eigenvalue weighted by Crippen LogP contribution is -2.27. The minimum atomic E-state index is -0.236. The van der Waals surface area contributed by atoms with Crippen LogP contribution >= 0.6 is 0 Å². The number of furan rings is 1. The Morgan fingerprint density at radius 1 is 1.35 bits per heavy atom. The van der Waals surface area contributed by atoms with E-state index in [2.05, 4.69) is 15.3 Å². The maximum absolute atomic E-state index is 12.1. The van der Waals surface area contributed by atoms with E-state index in [4.69, 9.17) is 4.42 Å². The second kappa shape index (κ2) is 4.85. The summed E-state index contributed by atoms with van der Waals surface area (Å²) in [5.74, 6) is 0.831. The number of para-hydroxylation sites is 2. The van der Waals surface area contributed by atoms with Crippen LogP contribution in [0.2, 0.25) is 0 Å². The smallest absolute Gasteiger partial charge is 0.287 e. The van der Waals surface area contributed by atoms with Gasteiger partial charge in [-0.3, -0.25) is 4.79 Å². The highest BCUT2D eigenvalue weighted by atomic mass is 16.3. The Balaban J connectivity index is 1.80. The summed E-state index contributed by atoms with van der Waals surface area (Å²) >= 11 is 0. The molecule has 5 nitrogen and oxygen atoms in total. The molecule has 0 aliphatic heterocycles. The molecule has 2 heterocycles. The molecule has 3 rings (SSSR count). The highest BCUT2D eigenvalue weighted by Crippen LogP contribution is 2.16. The van der Waals surface area contributed by atoms with Gasteiger partial charge in [-0.25, -0.2) is 4.98 Å². The Morgan fingerprint density at radius 3 is 2.85 bits per heavy atom. The van der Waals surface area contributed by atoms with Gasteiger partial charge >= 0.3 is 0 Å². The number of nitrogens with one attached hydrogen (secondary N) is 2. The molecule has 2 N–H and O–H groups in total. The lowest BCUT2D eigenvalue weighted by molar-refractivity contribution is 0.0909. The van der Waals surface area contributed by atoms with Crippen LogP contribution in [0.4, 0.5) is 0 Å². The van der Waals surface area contributed by atoms with Crippen molar-refractivity contribution in [2.24, 2.45) is 0 Å². The molecule has 20 heavy (non-hydrogen) atoms. The molecule has 1 unspecified atom stereocenters. The number of aromatic nitrogens is 2. The molecule has 3 aromatic rings. The molecule has 0 radical (unpaired) electrons. The van der Waals surface area contributed by atoms with Gasteiger partial charge in [-0.15, -0.1) is 0 Å². The molecule has 1 aromatic carbocycles. The van der Waals surface area contributed by atoms with Gasteiger partial charge in [0.15, 0.2) is 5.76 Å². The Hall–Kier alpha value is -2.56. The van der Waals surface area contributed by atoms with Crippen molar-refractivity contribution in [2.45, 2.75) is 19.9 Å². The van der Waals surface area contributed by atoms with Crippen LogP contribution in [0, 0.1) is 6.92 Å². The number of hydrogen-bond acceptors (Lipinski definition) is 3. The van der Waals surface area contributed by atoms with Crippen molar-refractivity contribution < 1.29 is 9.21 Å². The average Bonchev–Trinajstić information content (AvgIpc) is 3.04. The highest BCUT2D eigenvalue weighted by molar-refractivity contribution is 5.93. The van der Waals surface area contributed by atoms with Crippen molar-refractivity contribution in [1.29, 1.82) is 0 Å². The molecular weight excluding hydrogens is 254 g/mol. The normalized spacial score (nSPS) is 12.5. The Kier molecular flexibility index (Phi) is 3.02. The van der Waals surface area contributed by atoms with Crippen LogP contribution in [0.1, 0.15) is 34.9 Å². The van der Waals surface area contributed by atoms with E-state index in [0.29, 0.717) is 5.76 Å². The molecule has 1 atom stereocenters. The summed E-state index contributed by atoms with van der Waals surface area (Å²) in [5, 5.41) is 2.87. The fourth-order valence-electron chi connectivity index (χ4n) is 2.11. The molecular formula is C15H15N3O2. The number of rotatable bonds is 3. The minimum Gasteiger partial charge on any atom is -0.459 e. The van der Waals surface area contributed by atoms with E-state index < -0.39 is 0 Å². The zero-order chi connectivity index (χ0) is 14.1. The lowest BCUT2D eigenvalue weighted by atomic mass is 10.2. The molecule has 102 valence electrons. The van der Waals surface area contributed by atoms with E-state index in [1.165, 1.54) is 6.26 Å². The monoisotopic (exact) mass is 269 g/mol. The molecule has 0 aliphatic rings. The molecule has 0 bridgehead atoms. The number of amides is 1. The predicted molar refractivity (Wildman–Crippen MR) is 75.4 cm³/mol. The van der Waals surface area contributed by atoms with Crippen LogP contribution in [-0.4, -0.2) is 15.9 Å². The van der Waals surface area contributed by atoms with E-state index in [1.807, 2.05) is 38.1 Å². The van der Waals surface area contributed by atoms with Crippen molar-refractivity contribution in [3.05, 3.63) is 53.7 Å². The van der Waals surface area contributed by atoms with Crippen LogP contribution in [0.3, 0.4) is 0 Å². The van der Waals surface area contributed by atoms with Gasteiger partial charge < -0.3 is 14.7 Å². The quantitative estimate of drug-likeness (QED) is 0.768. The molecule has 2 aromatic heterocycles. The number of hydrogen-bond donors (Lipinski definition) is 2. The first-order valence-corrected chi connectivity index (χ1v) is 6.45. The van der Waals surface area contributed by atoms with Crippen molar-refractivity contribution in [3.8, 4) is 0 Å². The largest absolute Gasteiger partial charge is 0.459 e. The van der Waals surface area contributed by atoms with Crippen molar-refractivity contribution in [3.63, 3.8) is 0 Å². The topological polar surface area (TPSA) is 70.9 Å². The van der Waals surface area contributed by atoms with Crippen LogP contribution < -0.4 is 5.32 Å². The first kappa shape index (κ1) is 12.5. The molecule has 0 aliphatic carbocycles. The third-order valence-corrected chi connectivity index (χ3v) is 3.23. The Bertz CT molecular complexity index is 724. The molecule has 0 fully saturated rings. The first-order chi connectivity index (χ1) is 9.65. The van der Waals surface area contributed by atoms with Crippen molar-refractivity contribution in [2.75, 3.05) is 0 Å². The number of benzene rings is 1. The summed E-state index contributed by atoms with van der Waals surface area (Å²) in [5.41, 5.74) is 2.66. The average molecular weight is 269 g/mol. The minimum absolute atomic E-state index is 0.223. The zero-order valence-electron chi connectivity index (χ0n) is 11.3. The number of carbonyl (C=O) groups excluding carboxylic acids is 1. The van der Waals surface area contributed by atoms with Gasteiger partial charge in [0.1, 0.15) is 5.82 Å². The maximum atomic E-state index is 12.1. The number of nitrogens with zero attached hydrogens (tertiary/aromatic N) is 1. The first-order valence-electron chi connectivity index (χ1n) is 6.45. The van der Waals surface area contributed by atoms with Crippen LogP contribution in [-0.2, 0) is 0 Å². The number of aromatic amines is 1. The van der Waals surface area contributed by atoms with Gasteiger partial charge in [0.05, 0.1) is 23.3 Å². The van der Waals surface area contributed by atoms with Crippen LogP contribution in [0.5, 0.6) is 0 Å². The molecule has 1 amide bonds. The summed E-state index contributed by atoms with van der Waals surface area (Å²) in [6, 6.07) is 9.31. The predicted octanol–water partition coefficient (Wildman–Crippen LogP) is 2.96. The number of aryl methyl sites for hydroxylation is 1. The molecule has 0 saturated heterocycles. The second-order valence-corrected chi connectivity index (χ2v) is 4.77. The van der Waals surface area contributed by atoms with Crippen LogP contribution in [0.25, 0.3) is 11.0 Å². The standard InChI is InChI=1S/C15H15N3O2/c1-9-7-8-20-13(9)15(19)16-10(2)14-17-11-5-3-4-6-12(11)18-14/h3-8,10H,1-2H3,(H,16,19)(H,17,18). The molecule has 0 saturated carbocycles. The fourth-order valence-corrected chi connectivity index (χ4v) is 2.11. The van der Waals surface area contributed by atoms with Gasteiger partial charge in [-0.05, 0) is 32.0 Å². The highest BCUT2D eigenvalue weighted by Gasteiger charge is 2.18. The van der Waals surface area contributed by atoms with E-state index in [1.54, 1.807) is 6.07 Å². The van der Waals surface area contributed by atoms with E-state index in [-0.39, 0.29) is 11.9 Å². The summed E-state index contributed by atoms with van der Waals surface area (Å²) in [4.78, 5) is 19.8. The SMILES string of the molecule is Cc1ccoc1C(=O)NC(C)c1nc2ccccc2[nH]1. The van der Waals surface area contributed by atoms with Gasteiger partial charge in [-0.2, -0.15) is 0 Å². The third-order valence-electron chi connectivity index (χ3n) is 3.23. The number of H-pyrrole nitrogens is 1. The Morgan fingerprint density at radius 2 is 2.15 bits per heavy atom. The summed E-state index contributed by atoms with van der Waals surface area (Å²) in [7, 11) is 0. The fraction of sp³-hybridized carbons (Fsp3) is 0.200. The number of imidazole rings is 1. The second-order valence-electron chi connectivity index (χ2n) is 4.77. The maximum Gasteiger partial charge on any atom is 0.287 e. The van der Waals surface area contributed by atoms with Crippen molar-refractivity contribution in [1.82, 2.24) is 15.3 Å². The Labute approximate surface area is 116 Å². The number of fused-ring (bicyclic) bond motifs is 1. The van der Waals surface area contributed by atoms with Gasteiger partial charge in [-0.1, -0.05) is 12.1 Å². The van der Waals surface area contributed by atoms with Gasteiger partial charge in [0.25, 0.3) is 5.91 Å². The van der Waals surface area contributed by atoms with Crippen molar-refractivity contribution >= 4 is 16.9 Å². The molecule has 5 heteroatoms. The zero-order valence-corrected chi connectivity index (χ0v) is 11.3. The summed E-state index contributed by atoms with van der Waals surface area (Å²) in [6.07, 6.45) is 1.51. The number of carbonyl (C=O) groups is 1.